The first kappa shape index (κ1) is 23.4. The number of ether oxygens (including phenoxy) is 1. The maximum Gasteiger partial charge on any atom is 0.275 e. The molecule has 0 saturated carbocycles. The van der Waals surface area contributed by atoms with Crippen LogP contribution in [0.15, 0.2) is 78.9 Å². The van der Waals surface area contributed by atoms with Crippen LogP contribution in [-0.4, -0.2) is 20.1 Å². The topological polar surface area (TPSA) is 60.6 Å². The van der Waals surface area contributed by atoms with Crippen LogP contribution in [0, 0.1) is 6.92 Å². The summed E-state index contributed by atoms with van der Waals surface area (Å²) in [5.74, 6) is 1.37. The first-order chi connectivity index (χ1) is 18.1. The molecule has 1 aliphatic heterocycles. The number of carbonyl (C=O) groups excluding carboxylic acids is 1. The van der Waals surface area contributed by atoms with Crippen LogP contribution in [-0.2, 0) is 19.6 Å². The minimum Gasteiger partial charge on any atom is -0.486 e. The highest BCUT2D eigenvalue weighted by atomic mass is 35.5. The number of rotatable bonds is 6. The number of amides is 1. The molecule has 0 saturated heterocycles. The van der Waals surface area contributed by atoms with Gasteiger partial charge in [0, 0.05) is 28.4 Å². The van der Waals surface area contributed by atoms with Gasteiger partial charge in [0.1, 0.15) is 23.7 Å². The zero-order chi connectivity index (χ0) is 25.4. The van der Waals surface area contributed by atoms with Crippen LogP contribution in [0.1, 0.15) is 40.3 Å². The van der Waals surface area contributed by atoms with Crippen molar-refractivity contribution < 1.29 is 9.53 Å². The van der Waals surface area contributed by atoms with E-state index in [1.807, 2.05) is 47.0 Å². The van der Waals surface area contributed by atoms with E-state index in [4.69, 9.17) is 21.4 Å². The molecule has 0 atom stereocenters. The first-order valence-corrected chi connectivity index (χ1v) is 12.9. The van der Waals surface area contributed by atoms with Crippen molar-refractivity contribution in [3.05, 3.63) is 107 Å². The predicted octanol–water partition coefficient (Wildman–Crippen LogP) is 6.93. The number of carbonyl (C=O) groups is 1. The summed E-state index contributed by atoms with van der Waals surface area (Å²) in [6.07, 6.45) is 2.95. The number of nitrogens with one attached hydrogen (secondary N) is 1. The lowest BCUT2D eigenvalue weighted by Gasteiger charge is -2.10. The second kappa shape index (κ2) is 9.79. The van der Waals surface area contributed by atoms with Gasteiger partial charge in [-0.15, -0.1) is 5.10 Å². The maximum atomic E-state index is 13.9. The van der Waals surface area contributed by atoms with Crippen molar-refractivity contribution in [1.29, 1.82) is 0 Å². The molecular weight excluding hydrogens is 484 g/mol. The lowest BCUT2D eigenvalue weighted by Crippen LogP contribution is -2.16. The van der Waals surface area contributed by atoms with Gasteiger partial charge in [0.15, 0.2) is 5.82 Å². The van der Waals surface area contributed by atoms with E-state index in [2.05, 4.69) is 41.1 Å². The van der Waals surface area contributed by atoms with Gasteiger partial charge in [-0.25, -0.2) is 4.52 Å². The number of halogens is 1. The van der Waals surface area contributed by atoms with E-state index >= 15 is 0 Å². The molecule has 3 heterocycles. The van der Waals surface area contributed by atoms with E-state index in [0.717, 1.165) is 59.7 Å². The molecule has 1 amide bonds. The molecule has 6 rings (SSSR count). The van der Waals surface area contributed by atoms with E-state index < -0.39 is 0 Å². The van der Waals surface area contributed by atoms with Crippen LogP contribution in [0.5, 0.6) is 5.75 Å². The third-order valence-corrected chi connectivity index (χ3v) is 7.05. The van der Waals surface area contributed by atoms with Gasteiger partial charge >= 0.3 is 0 Å². The molecule has 0 bridgehead atoms. The quantitative estimate of drug-likeness (QED) is 0.269. The van der Waals surface area contributed by atoms with Gasteiger partial charge < -0.3 is 14.6 Å². The molecule has 5 aromatic rings. The summed E-state index contributed by atoms with van der Waals surface area (Å²) in [5.41, 5.74) is 6.41. The Hall–Kier alpha value is -4.03. The minimum absolute atomic E-state index is 0.222. The number of para-hydroxylation sites is 1. The highest BCUT2D eigenvalue weighted by molar-refractivity contribution is 6.31. The Morgan fingerprint density at radius 2 is 1.84 bits per heavy atom. The van der Waals surface area contributed by atoms with Crippen molar-refractivity contribution in [1.82, 2.24) is 14.2 Å². The number of nitrogens with zero attached hydrogens (tertiary/aromatic N) is 3. The van der Waals surface area contributed by atoms with Crippen molar-refractivity contribution in [2.24, 2.45) is 0 Å². The highest BCUT2D eigenvalue weighted by Crippen LogP contribution is 2.37. The fraction of sp³-hybridized carbons (Fsp3) is 0.200. The Bertz CT molecular complexity index is 1590. The molecule has 7 heteroatoms. The van der Waals surface area contributed by atoms with E-state index in [1.165, 1.54) is 5.56 Å². The Kier molecular flexibility index (Phi) is 6.18. The smallest absolute Gasteiger partial charge is 0.275 e. The fourth-order valence-electron chi connectivity index (χ4n) is 5.07. The molecule has 0 aliphatic carbocycles. The summed E-state index contributed by atoms with van der Waals surface area (Å²) in [7, 11) is 0. The Balaban J connectivity index is 1.50. The second-order valence-electron chi connectivity index (χ2n) is 9.39. The normalized spacial score (nSPS) is 12.9. The number of hydrogen-bond donors (Lipinski definition) is 1. The zero-order valence-electron chi connectivity index (χ0n) is 20.6. The summed E-state index contributed by atoms with van der Waals surface area (Å²) in [4.78, 5) is 13.9. The summed E-state index contributed by atoms with van der Waals surface area (Å²) in [6.45, 7) is 3.22. The zero-order valence-corrected chi connectivity index (χ0v) is 21.3. The molecule has 0 unspecified atom stereocenters. The van der Waals surface area contributed by atoms with Gasteiger partial charge in [0.05, 0.1) is 0 Å². The minimum atomic E-state index is -0.222. The van der Waals surface area contributed by atoms with Crippen molar-refractivity contribution in [2.75, 3.05) is 5.32 Å². The molecule has 186 valence electrons. The molecule has 1 aliphatic rings. The average Bonchev–Trinajstić information content (AvgIpc) is 3.30. The van der Waals surface area contributed by atoms with E-state index in [-0.39, 0.29) is 5.91 Å². The fourth-order valence-corrected chi connectivity index (χ4v) is 5.26. The molecule has 37 heavy (non-hydrogen) atoms. The van der Waals surface area contributed by atoms with Crippen LogP contribution >= 0.6 is 11.6 Å². The highest BCUT2D eigenvalue weighted by Gasteiger charge is 2.30. The van der Waals surface area contributed by atoms with E-state index in [1.54, 1.807) is 12.1 Å². The molecule has 6 nitrogen and oxygen atoms in total. The first-order valence-electron chi connectivity index (χ1n) is 12.5. The van der Waals surface area contributed by atoms with Gasteiger partial charge in [0.2, 0.25) is 0 Å². The third kappa shape index (κ3) is 4.49. The van der Waals surface area contributed by atoms with Gasteiger partial charge in [-0.1, -0.05) is 65.7 Å². The lowest BCUT2D eigenvalue weighted by atomic mass is 9.97. The van der Waals surface area contributed by atoms with Crippen LogP contribution in [0.4, 0.5) is 5.69 Å². The Labute approximate surface area is 220 Å². The molecule has 0 fully saturated rings. The molecule has 1 N–H and O–H groups in total. The van der Waals surface area contributed by atoms with Gasteiger partial charge in [-0.3, -0.25) is 4.79 Å². The van der Waals surface area contributed by atoms with Crippen LogP contribution in [0.25, 0.3) is 16.8 Å². The summed E-state index contributed by atoms with van der Waals surface area (Å²) < 4.78 is 10.1. The van der Waals surface area contributed by atoms with E-state index in [9.17, 15) is 4.79 Å². The Morgan fingerprint density at radius 1 is 1.03 bits per heavy atom. The van der Waals surface area contributed by atoms with Crippen LogP contribution in [0.2, 0.25) is 5.02 Å². The lowest BCUT2D eigenvalue weighted by molar-refractivity contribution is 0.102. The summed E-state index contributed by atoms with van der Waals surface area (Å²) in [5, 5.41) is 8.57. The summed E-state index contributed by atoms with van der Waals surface area (Å²) >= 11 is 6.19. The summed E-state index contributed by atoms with van der Waals surface area (Å²) in [6, 6.07) is 25.3. The standard InChI is InChI=1S/C30H27ClN4O2/c1-20-13-15-21(16-14-20)27-25-12-5-6-17-34-26(19-37-24-10-3-2-4-11-24)33-35(30(25)34)28(27)29(36)32-23-9-7-8-22(31)18-23/h2-4,7-11,13-16,18H,5-6,12,17,19H2,1H3,(H,32,36). The monoisotopic (exact) mass is 510 g/mol. The second-order valence-corrected chi connectivity index (χ2v) is 9.83. The Morgan fingerprint density at radius 3 is 2.62 bits per heavy atom. The number of benzene rings is 3. The molecule has 3 aromatic carbocycles. The van der Waals surface area contributed by atoms with Gasteiger partial charge in [0.25, 0.3) is 5.91 Å². The van der Waals surface area contributed by atoms with Crippen molar-refractivity contribution >= 4 is 28.8 Å². The number of aryl methyl sites for hydroxylation is 3. The largest absolute Gasteiger partial charge is 0.486 e. The molecular formula is C30H27ClN4O2. The van der Waals surface area contributed by atoms with E-state index in [0.29, 0.717) is 23.0 Å². The molecule has 2 aromatic heterocycles. The SMILES string of the molecule is Cc1ccc(-c2c3c4n(c(COc5ccccc5)nn4c2C(=O)Nc2cccc(Cl)c2)CCCC3)cc1. The number of anilines is 1. The molecule has 0 spiro atoms. The third-order valence-electron chi connectivity index (χ3n) is 6.81. The number of hydrogen-bond acceptors (Lipinski definition) is 3. The predicted molar refractivity (Wildman–Crippen MR) is 146 cm³/mol. The van der Waals surface area contributed by atoms with Crippen molar-refractivity contribution in [3.8, 4) is 16.9 Å². The number of aromatic nitrogens is 3. The van der Waals surface area contributed by atoms with Crippen LogP contribution < -0.4 is 10.1 Å². The van der Waals surface area contributed by atoms with Crippen molar-refractivity contribution in [3.63, 3.8) is 0 Å². The van der Waals surface area contributed by atoms with Gasteiger partial charge in [-0.05, 0) is 62.1 Å². The van der Waals surface area contributed by atoms with Crippen molar-refractivity contribution in [2.45, 2.75) is 39.3 Å². The average molecular weight is 511 g/mol. The van der Waals surface area contributed by atoms with Gasteiger partial charge in [-0.2, -0.15) is 0 Å². The van der Waals surface area contributed by atoms with Crippen LogP contribution in [0.3, 0.4) is 0 Å². The molecule has 0 radical (unpaired) electrons. The maximum absolute atomic E-state index is 13.9.